The van der Waals surface area contributed by atoms with Crippen LogP contribution in [0.2, 0.25) is 0 Å². The van der Waals surface area contributed by atoms with Crippen molar-refractivity contribution in [2.45, 2.75) is 32.8 Å². The summed E-state index contributed by atoms with van der Waals surface area (Å²) < 4.78 is 6.50. The van der Waals surface area contributed by atoms with Crippen LogP contribution in [0.1, 0.15) is 36.3 Å². The first-order valence-corrected chi connectivity index (χ1v) is 5.42. The molecule has 5 nitrogen and oxygen atoms in total. The van der Waals surface area contributed by atoms with Crippen LogP contribution in [-0.2, 0) is 18.2 Å². The molecule has 1 N–H and O–H groups in total. The molecule has 1 rings (SSSR count). The van der Waals surface area contributed by atoms with Crippen molar-refractivity contribution >= 4 is 5.97 Å². The van der Waals surface area contributed by atoms with Gasteiger partial charge in [0, 0.05) is 18.8 Å². The minimum atomic E-state index is -0.399. The summed E-state index contributed by atoms with van der Waals surface area (Å²) in [6, 6.07) is 0. The zero-order valence-corrected chi connectivity index (χ0v) is 9.93. The molecule has 0 unspecified atom stereocenters. The molecule has 0 aliphatic rings. The van der Waals surface area contributed by atoms with Crippen LogP contribution in [0.25, 0.3) is 0 Å². The molecule has 1 aromatic heterocycles. The van der Waals surface area contributed by atoms with E-state index in [9.17, 15) is 9.90 Å². The van der Waals surface area contributed by atoms with Crippen LogP contribution in [-0.4, -0.2) is 33.6 Å². The number of hydrogen-bond acceptors (Lipinski definition) is 4. The first-order chi connectivity index (χ1) is 7.54. The van der Waals surface area contributed by atoms with Gasteiger partial charge in [-0.3, -0.25) is 4.68 Å². The summed E-state index contributed by atoms with van der Waals surface area (Å²) in [6.45, 7) is 3.82. The molecule has 0 fully saturated rings. The summed E-state index contributed by atoms with van der Waals surface area (Å²) in [5, 5.41) is 13.3. The van der Waals surface area contributed by atoms with Crippen molar-refractivity contribution in [3.8, 4) is 0 Å². The zero-order chi connectivity index (χ0) is 12.1. The number of ether oxygens (including phenoxy) is 1. The summed E-state index contributed by atoms with van der Waals surface area (Å²) >= 11 is 0. The average Bonchev–Trinajstić information content (AvgIpc) is 2.57. The Morgan fingerprint density at radius 2 is 2.38 bits per heavy atom. The van der Waals surface area contributed by atoms with Gasteiger partial charge in [-0.1, -0.05) is 0 Å². The maximum Gasteiger partial charge on any atom is 0.359 e. The number of carbonyl (C=O) groups is 1. The van der Waals surface area contributed by atoms with Gasteiger partial charge >= 0.3 is 5.97 Å². The van der Waals surface area contributed by atoms with E-state index < -0.39 is 5.97 Å². The molecular weight excluding hydrogens is 208 g/mol. The second-order valence-corrected chi connectivity index (χ2v) is 3.78. The van der Waals surface area contributed by atoms with Crippen molar-refractivity contribution in [1.82, 2.24) is 9.78 Å². The number of aryl methyl sites for hydroxylation is 2. The SMILES string of the molecule is CCOC(=O)c1nn(C)cc1CC[C@H](C)O. The highest BCUT2D eigenvalue weighted by Gasteiger charge is 2.17. The topological polar surface area (TPSA) is 64.3 Å². The van der Waals surface area contributed by atoms with Crippen molar-refractivity contribution in [1.29, 1.82) is 0 Å². The predicted octanol–water partition coefficient (Wildman–Crippen LogP) is 0.910. The van der Waals surface area contributed by atoms with E-state index in [-0.39, 0.29) is 6.10 Å². The number of esters is 1. The predicted molar refractivity (Wildman–Crippen MR) is 59.2 cm³/mol. The van der Waals surface area contributed by atoms with Crippen LogP contribution in [0.15, 0.2) is 6.20 Å². The normalized spacial score (nSPS) is 12.5. The lowest BCUT2D eigenvalue weighted by molar-refractivity contribution is 0.0517. The molecule has 90 valence electrons. The van der Waals surface area contributed by atoms with Crippen LogP contribution in [0, 0.1) is 0 Å². The fraction of sp³-hybridized carbons (Fsp3) is 0.636. The summed E-state index contributed by atoms with van der Waals surface area (Å²) in [6.07, 6.45) is 2.64. The van der Waals surface area contributed by atoms with Crippen LogP contribution in [0.5, 0.6) is 0 Å². The number of aliphatic hydroxyl groups excluding tert-OH is 1. The van der Waals surface area contributed by atoms with E-state index in [4.69, 9.17) is 4.74 Å². The number of aliphatic hydroxyl groups is 1. The van der Waals surface area contributed by atoms with Crippen LogP contribution >= 0.6 is 0 Å². The Kier molecular flexibility index (Phi) is 4.49. The highest BCUT2D eigenvalue weighted by Crippen LogP contribution is 2.11. The number of aromatic nitrogens is 2. The van der Waals surface area contributed by atoms with Gasteiger partial charge in [0.1, 0.15) is 0 Å². The molecule has 0 saturated heterocycles. The molecule has 0 amide bonds. The van der Waals surface area contributed by atoms with Gasteiger partial charge in [0.2, 0.25) is 0 Å². The molecule has 1 heterocycles. The summed E-state index contributed by atoms with van der Waals surface area (Å²) in [5.74, 6) is -0.399. The van der Waals surface area contributed by atoms with Crippen molar-refractivity contribution in [3.63, 3.8) is 0 Å². The number of rotatable bonds is 5. The maximum absolute atomic E-state index is 11.6. The van der Waals surface area contributed by atoms with Crippen LogP contribution in [0.3, 0.4) is 0 Å². The van der Waals surface area contributed by atoms with Gasteiger partial charge in [-0.25, -0.2) is 4.79 Å². The minimum Gasteiger partial charge on any atom is -0.461 e. The lowest BCUT2D eigenvalue weighted by Gasteiger charge is -2.03. The quantitative estimate of drug-likeness (QED) is 0.758. The Labute approximate surface area is 95.0 Å². The number of nitrogens with zero attached hydrogens (tertiary/aromatic N) is 2. The molecule has 0 aliphatic heterocycles. The van der Waals surface area contributed by atoms with Gasteiger partial charge in [0.25, 0.3) is 0 Å². The van der Waals surface area contributed by atoms with Crippen LogP contribution in [0.4, 0.5) is 0 Å². The van der Waals surface area contributed by atoms with Crippen LogP contribution < -0.4 is 0 Å². The second-order valence-electron chi connectivity index (χ2n) is 3.78. The zero-order valence-electron chi connectivity index (χ0n) is 9.93. The Balaban J connectivity index is 2.78. The Hall–Kier alpha value is -1.36. The van der Waals surface area contributed by atoms with E-state index in [1.807, 2.05) is 0 Å². The third kappa shape index (κ3) is 3.34. The Morgan fingerprint density at radius 1 is 1.69 bits per heavy atom. The molecule has 0 bridgehead atoms. The smallest absolute Gasteiger partial charge is 0.359 e. The third-order valence-electron chi connectivity index (χ3n) is 2.20. The second kappa shape index (κ2) is 5.65. The fourth-order valence-electron chi connectivity index (χ4n) is 1.46. The van der Waals surface area contributed by atoms with Gasteiger partial charge in [-0.15, -0.1) is 0 Å². The first-order valence-electron chi connectivity index (χ1n) is 5.42. The van der Waals surface area contributed by atoms with E-state index in [1.54, 1.807) is 31.8 Å². The molecular formula is C11H18N2O3. The Morgan fingerprint density at radius 3 is 2.94 bits per heavy atom. The summed E-state index contributed by atoms with van der Waals surface area (Å²) in [5.41, 5.74) is 1.17. The molecule has 0 spiro atoms. The lowest BCUT2D eigenvalue weighted by atomic mass is 10.1. The van der Waals surface area contributed by atoms with E-state index in [0.29, 0.717) is 25.1 Å². The largest absolute Gasteiger partial charge is 0.461 e. The molecule has 5 heteroatoms. The van der Waals surface area contributed by atoms with E-state index in [0.717, 1.165) is 5.56 Å². The summed E-state index contributed by atoms with van der Waals surface area (Å²) in [4.78, 5) is 11.6. The third-order valence-corrected chi connectivity index (χ3v) is 2.20. The van der Waals surface area contributed by atoms with Gasteiger partial charge < -0.3 is 9.84 Å². The molecule has 0 radical (unpaired) electrons. The molecule has 0 saturated carbocycles. The highest BCUT2D eigenvalue weighted by molar-refractivity contribution is 5.88. The summed E-state index contributed by atoms with van der Waals surface area (Å²) in [7, 11) is 1.76. The number of hydrogen-bond donors (Lipinski definition) is 1. The standard InChI is InChI=1S/C11H18N2O3/c1-4-16-11(15)10-9(6-5-8(2)14)7-13(3)12-10/h7-8,14H,4-6H2,1-3H3/t8-/m0/s1. The first kappa shape index (κ1) is 12.7. The van der Waals surface area contributed by atoms with Gasteiger partial charge in [0.15, 0.2) is 5.69 Å². The van der Waals surface area contributed by atoms with Crippen molar-refractivity contribution in [2.75, 3.05) is 6.61 Å². The van der Waals surface area contributed by atoms with E-state index >= 15 is 0 Å². The van der Waals surface area contributed by atoms with Gasteiger partial charge in [-0.2, -0.15) is 5.10 Å². The van der Waals surface area contributed by atoms with Gasteiger partial charge in [0.05, 0.1) is 12.7 Å². The Bertz CT molecular complexity index is 358. The van der Waals surface area contributed by atoms with Crippen molar-refractivity contribution in [2.24, 2.45) is 7.05 Å². The van der Waals surface area contributed by atoms with E-state index in [1.165, 1.54) is 0 Å². The molecule has 1 atom stereocenters. The lowest BCUT2D eigenvalue weighted by Crippen LogP contribution is -2.09. The average molecular weight is 226 g/mol. The monoisotopic (exact) mass is 226 g/mol. The van der Waals surface area contributed by atoms with E-state index in [2.05, 4.69) is 5.10 Å². The minimum absolute atomic E-state index is 0.339. The maximum atomic E-state index is 11.6. The highest BCUT2D eigenvalue weighted by atomic mass is 16.5. The van der Waals surface area contributed by atoms with Crippen molar-refractivity contribution < 1.29 is 14.6 Å². The molecule has 1 aromatic rings. The van der Waals surface area contributed by atoms with Gasteiger partial charge in [-0.05, 0) is 26.7 Å². The van der Waals surface area contributed by atoms with Crippen molar-refractivity contribution in [3.05, 3.63) is 17.5 Å². The molecule has 0 aromatic carbocycles. The fourth-order valence-corrected chi connectivity index (χ4v) is 1.46. The number of carbonyl (C=O) groups excluding carboxylic acids is 1. The molecule has 16 heavy (non-hydrogen) atoms. The molecule has 0 aliphatic carbocycles.